The van der Waals surface area contributed by atoms with Crippen molar-refractivity contribution >= 4 is 0 Å². The van der Waals surface area contributed by atoms with Gasteiger partial charge in [0.2, 0.25) is 0 Å². The second-order valence-electron chi connectivity index (χ2n) is 3.43. The lowest BCUT2D eigenvalue weighted by Crippen LogP contribution is -2.22. The van der Waals surface area contributed by atoms with Crippen molar-refractivity contribution < 1.29 is 14.6 Å². The highest BCUT2D eigenvalue weighted by molar-refractivity contribution is 5.39. The van der Waals surface area contributed by atoms with Gasteiger partial charge < -0.3 is 15.9 Å². The first-order valence-electron chi connectivity index (χ1n) is 4.86. The quantitative estimate of drug-likeness (QED) is 0.692. The van der Waals surface area contributed by atoms with Crippen molar-refractivity contribution in [2.24, 2.45) is 5.73 Å². The van der Waals surface area contributed by atoms with Gasteiger partial charge in [0.25, 0.3) is 0 Å². The summed E-state index contributed by atoms with van der Waals surface area (Å²) in [5, 5.41) is 28.0. The van der Waals surface area contributed by atoms with Crippen LogP contribution in [0.25, 0.3) is 0 Å². The predicted molar refractivity (Wildman–Crippen MR) is 55.8 cm³/mol. The molecule has 4 nitrogen and oxygen atoms in total. The highest BCUT2D eigenvalue weighted by atomic mass is 19.1. The molecule has 2 atom stereocenters. The van der Waals surface area contributed by atoms with Crippen LogP contribution in [0.1, 0.15) is 23.7 Å². The Morgan fingerprint density at radius 3 is 2.69 bits per heavy atom. The Kier molecular flexibility index (Phi) is 4.38. The molecule has 4 N–H and O–H groups in total. The zero-order chi connectivity index (χ0) is 12.1. The Balaban J connectivity index is 3.02. The summed E-state index contributed by atoms with van der Waals surface area (Å²) < 4.78 is 13.0. The van der Waals surface area contributed by atoms with Crippen molar-refractivity contribution in [3.8, 4) is 6.07 Å². The lowest BCUT2D eigenvalue weighted by Gasteiger charge is -2.18. The topological polar surface area (TPSA) is 90.3 Å². The Morgan fingerprint density at radius 2 is 2.12 bits per heavy atom. The molecule has 86 valence electrons. The van der Waals surface area contributed by atoms with Crippen LogP contribution in [0.4, 0.5) is 4.39 Å². The number of hydrogen-bond donors (Lipinski definition) is 3. The molecule has 1 aromatic rings. The molecule has 0 heterocycles. The number of rotatable bonds is 4. The van der Waals surface area contributed by atoms with E-state index in [1.165, 1.54) is 6.07 Å². The number of benzene rings is 1. The lowest BCUT2D eigenvalue weighted by molar-refractivity contribution is 0.0147. The maximum atomic E-state index is 13.0. The summed E-state index contributed by atoms with van der Waals surface area (Å²) in [6, 6.07) is 5.27. The number of nitrogens with two attached hydrogens (primary N) is 1. The van der Waals surface area contributed by atoms with Gasteiger partial charge in [0, 0.05) is 5.56 Å². The number of hydrogen-bond acceptors (Lipinski definition) is 4. The minimum atomic E-state index is -1.30. The van der Waals surface area contributed by atoms with E-state index in [0.717, 1.165) is 12.1 Å². The third kappa shape index (κ3) is 2.76. The normalized spacial score (nSPS) is 14.2. The van der Waals surface area contributed by atoms with Crippen molar-refractivity contribution in [1.29, 1.82) is 5.26 Å². The van der Waals surface area contributed by atoms with Crippen LogP contribution in [0.5, 0.6) is 0 Å². The van der Waals surface area contributed by atoms with Gasteiger partial charge in [-0.25, -0.2) is 4.39 Å². The zero-order valence-corrected chi connectivity index (χ0v) is 8.60. The van der Waals surface area contributed by atoms with Gasteiger partial charge >= 0.3 is 0 Å². The van der Waals surface area contributed by atoms with Gasteiger partial charge in [-0.05, 0) is 31.2 Å². The Hall–Kier alpha value is -1.48. The molecule has 0 aliphatic heterocycles. The Labute approximate surface area is 92.7 Å². The van der Waals surface area contributed by atoms with Gasteiger partial charge in [-0.3, -0.25) is 0 Å². The van der Waals surface area contributed by atoms with Crippen LogP contribution in [0.2, 0.25) is 0 Å². The van der Waals surface area contributed by atoms with Gasteiger partial charge in [0.05, 0.1) is 17.7 Å². The van der Waals surface area contributed by atoms with Crippen LogP contribution in [-0.2, 0) is 0 Å². The molecule has 5 heteroatoms. The molecule has 0 spiro atoms. The number of nitriles is 1. The molecular formula is C11H13FN2O2. The van der Waals surface area contributed by atoms with E-state index < -0.39 is 18.0 Å². The fourth-order valence-corrected chi connectivity index (χ4v) is 1.42. The average Bonchev–Trinajstić information content (AvgIpc) is 2.28. The number of aliphatic hydroxyl groups is 2. The van der Waals surface area contributed by atoms with Gasteiger partial charge in [-0.1, -0.05) is 0 Å². The predicted octanol–water partition coefficient (Wildman–Crippen LogP) is 0.440. The smallest absolute Gasteiger partial charge is 0.123 e. The first kappa shape index (κ1) is 12.6. The lowest BCUT2D eigenvalue weighted by atomic mass is 9.97. The molecule has 1 aromatic carbocycles. The SMILES string of the molecule is N#Cc1ccc(F)cc1C(O)C(O)CCN. The molecule has 0 fully saturated rings. The van der Waals surface area contributed by atoms with E-state index in [1.54, 1.807) is 0 Å². The second-order valence-corrected chi connectivity index (χ2v) is 3.43. The summed E-state index contributed by atoms with van der Waals surface area (Å²) in [5.41, 5.74) is 5.47. The Morgan fingerprint density at radius 1 is 1.44 bits per heavy atom. The van der Waals surface area contributed by atoms with E-state index in [-0.39, 0.29) is 24.1 Å². The highest BCUT2D eigenvalue weighted by Crippen LogP contribution is 2.23. The maximum Gasteiger partial charge on any atom is 0.123 e. The standard InChI is InChI=1S/C11H13FN2O2/c12-8-2-1-7(6-14)9(5-8)11(16)10(15)3-4-13/h1-2,5,10-11,15-16H,3-4,13H2. The van der Waals surface area contributed by atoms with Gasteiger partial charge in [0.15, 0.2) is 0 Å². The fraction of sp³-hybridized carbons (Fsp3) is 0.364. The number of halogens is 1. The molecule has 0 aromatic heterocycles. The van der Waals surface area contributed by atoms with Crippen LogP contribution in [-0.4, -0.2) is 22.9 Å². The van der Waals surface area contributed by atoms with Crippen molar-refractivity contribution in [1.82, 2.24) is 0 Å². The molecule has 0 radical (unpaired) electrons. The van der Waals surface area contributed by atoms with Crippen molar-refractivity contribution in [3.63, 3.8) is 0 Å². The molecule has 16 heavy (non-hydrogen) atoms. The van der Waals surface area contributed by atoms with Gasteiger partial charge in [-0.2, -0.15) is 5.26 Å². The van der Waals surface area contributed by atoms with Crippen LogP contribution < -0.4 is 5.73 Å². The first-order chi connectivity index (χ1) is 7.60. The van der Waals surface area contributed by atoms with Crippen molar-refractivity contribution in [2.75, 3.05) is 6.54 Å². The van der Waals surface area contributed by atoms with E-state index in [9.17, 15) is 14.6 Å². The van der Waals surface area contributed by atoms with Crippen LogP contribution in [0.15, 0.2) is 18.2 Å². The van der Waals surface area contributed by atoms with Gasteiger partial charge in [0.1, 0.15) is 11.9 Å². The van der Waals surface area contributed by atoms with E-state index >= 15 is 0 Å². The average molecular weight is 224 g/mol. The van der Waals surface area contributed by atoms with Crippen molar-refractivity contribution in [3.05, 3.63) is 35.1 Å². The van der Waals surface area contributed by atoms with Crippen molar-refractivity contribution in [2.45, 2.75) is 18.6 Å². The monoisotopic (exact) mass is 224 g/mol. The molecule has 1 rings (SSSR count). The molecule has 0 aliphatic rings. The number of nitrogens with zero attached hydrogens (tertiary/aromatic N) is 1. The molecule has 0 amide bonds. The summed E-state index contributed by atoms with van der Waals surface area (Å²) in [7, 11) is 0. The van der Waals surface area contributed by atoms with Crippen LogP contribution in [0.3, 0.4) is 0 Å². The number of aliphatic hydroxyl groups excluding tert-OH is 2. The summed E-state index contributed by atoms with van der Waals surface area (Å²) in [5.74, 6) is -0.562. The molecule has 0 aliphatic carbocycles. The van der Waals surface area contributed by atoms with Crippen LogP contribution in [0, 0.1) is 17.1 Å². The summed E-state index contributed by atoms with van der Waals surface area (Å²) in [6.45, 7) is 0.204. The largest absolute Gasteiger partial charge is 0.390 e. The fourth-order valence-electron chi connectivity index (χ4n) is 1.42. The maximum absolute atomic E-state index is 13.0. The highest BCUT2D eigenvalue weighted by Gasteiger charge is 2.21. The third-order valence-corrected chi connectivity index (χ3v) is 2.28. The summed E-state index contributed by atoms with van der Waals surface area (Å²) in [6.07, 6.45) is -2.21. The minimum Gasteiger partial charge on any atom is -0.390 e. The minimum absolute atomic E-state index is 0.0865. The zero-order valence-electron chi connectivity index (χ0n) is 8.60. The van der Waals surface area contributed by atoms with Gasteiger partial charge in [-0.15, -0.1) is 0 Å². The molecule has 0 saturated heterocycles. The second kappa shape index (κ2) is 5.56. The molecular weight excluding hydrogens is 211 g/mol. The van der Waals surface area contributed by atoms with E-state index in [4.69, 9.17) is 11.0 Å². The van der Waals surface area contributed by atoms with E-state index in [1.807, 2.05) is 6.07 Å². The first-order valence-corrected chi connectivity index (χ1v) is 4.86. The molecule has 0 saturated carbocycles. The summed E-state index contributed by atoms with van der Waals surface area (Å²) >= 11 is 0. The third-order valence-electron chi connectivity index (χ3n) is 2.28. The summed E-state index contributed by atoms with van der Waals surface area (Å²) in [4.78, 5) is 0. The van der Waals surface area contributed by atoms with E-state index in [2.05, 4.69) is 0 Å². The molecule has 0 bridgehead atoms. The Bertz CT molecular complexity index is 403. The van der Waals surface area contributed by atoms with Crippen LogP contribution >= 0.6 is 0 Å². The van der Waals surface area contributed by atoms with E-state index in [0.29, 0.717) is 0 Å². The molecule has 2 unspecified atom stereocenters.